The van der Waals surface area contributed by atoms with Gasteiger partial charge in [0, 0.05) is 12.8 Å². The van der Waals surface area contributed by atoms with E-state index in [1.807, 2.05) is 6.08 Å². The Balaban J connectivity index is 3.47. The van der Waals surface area contributed by atoms with Crippen molar-refractivity contribution in [3.05, 3.63) is 36.5 Å². The number of nitrogens with one attached hydrogen (secondary N) is 1. The van der Waals surface area contributed by atoms with Crippen LogP contribution in [0.25, 0.3) is 0 Å². The number of unbranched alkanes of at least 4 members (excludes halogenated alkanes) is 35. The number of rotatable bonds is 50. The van der Waals surface area contributed by atoms with Gasteiger partial charge in [-0.2, -0.15) is 0 Å². The molecule has 3 N–H and O–H groups in total. The second-order valence-electron chi connectivity index (χ2n) is 18.6. The average Bonchev–Trinajstić information content (AvgIpc) is 3.27. The lowest BCUT2D eigenvalue weighted by atomic mass is 10.0. The minimum atomic E-state index is -0.855. The van der Waals surface area contributed by atoms with Crippen molar-refractivity contribution in [1.29, 1.82) is 0 Å². The van der Waals surface area contributed by atoms with Gasteiger partial charge in [0.25, 0.3) is 0 Å². The van der Waals surface area contributed by atoms with E-state index in [2.05, 4.69) is 43.5 Å². The third kappa shape index (κ3) is 47.6. The van der Waals surface area contributed by atoms with Crippen molar-refractivity contribution in [3.63, 3.8) is 0 Å². The summed E-state index contributed by atoms with van der Waals surface area (Å²) in [6.45, 7) is 4.84. The standard InChI is InChI=1S/C56H105NO5/c1-3-5-7-9-11-13-15-17-19-20-21-22-23-25-30-34-38-42-46-50-56(61)62-51-47-43-39-35-31-27-26-29-33-37-41-45-49-55(60)57-53(52-58)54(59)48-44-40-36-32-28-24-18-16-14-12-10-8-6-4-2/h11,13,17,19,44,48,53-54,58-59H,3-10,12,14-16,18,20-43,45-47,49-52H2,1-2H3,(H,57,60)/b13-11-,19-17-,48-44+. The van der Waals surface area contributed by atoms with Crippen molar-refractivity contribution < 1.29 is 24.5 Å². The van der Waals surface area contributed by atoms with Crippen LogP contribution in [0.2, 0.25) is 0 Å². The maximum atomic E-state index is 12.4. The van der Waals surface area contributed by atoms with Gasteiger partial charge in [0.1, 0.15) is 0 Å². The lowest BCUT2D eigenvalue weighted by Crippen LogP contribution is -2.45. The summed E-state index contributed by atoms with van der Waals surface area (Å²) in [6.07, 6.45) is 62.9. The highest BCUT2D eigenvalue weighted by atomic mass is 16.5. The van der Waals surface area contributed by atoms with Crippen LogP contribution in [0.15, 0.2) is 36.5 Å². The fourth-order valence-electron chi connectivity index (χ4n) is 8.19. The number of hydrogen-bond acceptors (Lipinski definition) is 5. The maximum Gasteiger partial charge on any atom is 0.305 e. The van der Waals surface area contributed by atoms with Gasteiger partial charge < -0.3 is 20.3 Å². The molecule has 62 heavy (non-hydrogen) atoms. The van der Waals surface area contributed by atoms with Crippen molar-refractivity contribution in [2.24, 2.45) is 0 Å². The molecule has 6 heteroatoms. The third-order valence-electron chi connectivity index (χ3n) is 12.4. The summed E-state index contributed by atoms with van der Waals surface area (Å²) in [5.74, 6) is -0.0988. The number of aliphatic hydroxyl groups excluding tert-OH is 2. The number of esters is 1. The minimum absolute atomic E-state index is 0.0149. The molecule has 0 radical (unpaired) electrons. The monoisotopic (exact) mass is 872 g/mol. The molecule has 6 nitrogen and oxygen atoms in total. The summed E-state index contributed by atoms with van der Waals surface area (Å²) in [6, 6.07) is -0.640. The topological polar surface area (TPSA) is 95.9 Å². The zero-order valence-electron chi connectivity index (χ0n) is 41.4. The summed E-state index contributed by atoms with van der Waals surface area (Å²) in [5, 5.41) is 23.0. The maximum absolute atomic E-state index is 12.4. The van der Waals surface area contributed by atoms with E-state index in [-0.39, 0.29) is 18.5 Å². The fraction of sp³-hybridized carbons (Fsp3) is 0.857. The second-order valence-corrected chi connectivity index (χ2v) is 18.6. The largest absolute Gasteiger partial charge is 0.466 e. The van der Waals surface area contributed by atoms with Crippen molar-refractivity contribution in [2.45, 2.75) is 296 Å². The van der Waals surface area contributed by atoms with Crippen LogP contribution in [0, 0.1) is 0 Å². The molecule has 0 aromatic heterocycles. The quantitative estimate of drug-likeness (QED) is 0.0321. The molecule has 0 saturated heterocycles. The zero-order valence-corrected chi connectivity index (χ0v) is 41.4. The lowest BCUT2D eigenvalue weighted by molar-refractivity contribution is -0.143. The first-order chi connectivity index (χ1) is 30.5. The summed E-state index contributed by atoms with van der Waals surface area (Å²) in [4.78, 5) is 24.5. The van der Waals surface area contributed by atoms with E-state index in [4.69, 9.17) is 4.74 Å². The molecule has 1 amide bonds. The molecule has 0 aliphatic rings. The molecule has 0 aromatic carbocycles. The Hall–Kier alpha value is -1.92. The Labute approximate surface area is 385 Å². The molecular weight excluding hydrogens is 767 g/mol. The number of allylic oxidation sites excluding steroid dienone is 5. The van der Waals surface area contributed by atoms with E-state index in [0.717, 1.165) is 64.2 Å². The average molecular weight is 872 g/mol. The molecule has 0 heterocycles. The van der Waals surface area contributed by atoms with Crippen LogP contribution in [0.1, 0.15) is 284 Å². The van der Waals surface area contributed by atoms with Crippen LogP contribution >= 0.6 is 0 Å². The van der Waals surface area contributed by atoms with Crippen LogP contribution in [0.3, 0.4) is 0 Å². The molecule has 0 aromatic rings. The molecule has 0 bridgehead atoms. The molecule has 0 rings (SSSR count). The molecule has 0 spiro atoms. The number of ether oxygens (including phenoxy) is 1. The van der Waals surface area contributed by atoms with Gasteiger partial charge in [0.2, 0.25) is 5.91 Å². The van der Waals surface area contributed by atoms with Gasteiger partial charge in [0.05, 0.1) is 25.4 Å². The highest BCUT2D eigenvalue weighted by Crippen LogP contribution is 2.16. The van der Waals surface area contributed by atoms with Crippen molar-refractivity contribution in [3.8, 4) is 0 Å². The molecule has 2 atom stereocenters. The van der Waals surface area contributed by atoms with E-state index in [0.29, 0.717) is 19.4 Å². The van der Waals surface area contributed by atoms with Gasteiger partial charge in [0.15, 0.2) is 0 Å². The van der Waals surface area contributed by atoms with Gasteiger partial charge in [-0.15, -0.1) is 0 Å². The lowest BCUT2D eigenvalue weighted by Gasteiger charge is -2.20. The Morgan fingerprint density at radius 3 is 1.26 bits per heavy atom. The van der Waals surface area contributed by atoms with E-state index in [1.165, 1.54) is 193 Å². The predicted molar refractivity (Wildman–Crippen MR) is 269 cm³/mol. The Bertz CT molecular complexity index is 1010. The molecule has 364 valence electrons. The summed E-state index contributed by atoms with van der Waals surface area (Å²) < 4.78 is 5.47. The van der Waals surface area contributed by atoms with Gasteiger partial charge in [-0.05, 0) is 64.2 Å². The zero-order chi connectivity index (χ0) is 45.1. The summed E-state index contributed by atoms with van der Waals surface area (Å²) in [5.41, 5.74) is 0. The van der Waals surface area contributed by atoms with Crippen LogP contribution < -0.4 is 5.32 Å². The van der Waals surface area contributed by atoms with Crippen LogP contribution in [-0.4, -0.2) is 47.4 Å². The number of carbonyl (C=O) groups excluding carboxylic acids is 2. The highest BCUT2D eigenvalue weighted by molar-refractivity contribution is 5.76. The Morgan fingerprint density at radius 2 is 0.806 bits per heavy atom. The number of carbonyl (C=O) groups is 2. The number of amides is 1. The van der Waals surface area contributed by atoms with Gasteiger partial charge in [-0.3, -0.25) is 9.59 Å². The molecular formula is C56H105NO5. The molecule has 0 aliphatic heterocycles. The SMILES string of the molecule is CCCCC/C=C\C/C=C\CCCCCCCCCCCC(=O)OCCCCCCCCCCCCCCC(=O)NC(CO)C(O)/C=C/CCCCCCCCCCCCCC. The summed E-state index contributed by atoms with van der Waals surface area (Å²) in [7, 11) is 0. The molecule has 0 fully saturated rings. The van der Waals surface area contributed by atoms with Crippen molar-refractivity contribution in [1.82, 2.24) is 5.32 Å². The van der Waals surface area contributed by atoms with Gasteiger partial charge in [-0.1, -0.05) is 243 Å². The molecule has 0 saturated carbocycles. The Morgan fingerprint density at radius 1 is 0.452 bits per heavy atom. The van der Waals surface area contributed by atoms with Gasteiger partial charge in [-0.25, -0.2) is 0 Å². The van der Waals surface area contributed by atoms with Crippen LogP contribution in [-0.2, 0) is 14.3 Å². The predicted octanol–water partition coefficient (Wildman–Crippen LogP) is 16.5. The highest BCUT2D eigenvalue weighted by Gasteiger charge is 2.18. The minimum Gasteiger partial charge on any atom is -0.466 e. The number of hydrogen-bond donors (Lipinski definition) is 3. The van der Waals surface area contributed by atoms with E-state index in [1.54, 1.807) is 6.08 Å². The Kier molecular flexibility index (Phi) is 50.1. The van der Waals surface area contributed by atoms with Crippen molar-refractivity contribution >= 4 is 11.9 Å². The third-order valence-corrected chi connectivity index (χ3v) is 12.4. The second kappa shape index (κ2) is 51.7. The van der Waals surface area contributed by atoms with E-state index in [9.17, 15) is 19.8 Å². The fourth-order valence-corrected chi connectivity index (χ4v) is 8.19. The van der Waals surface area contributed by atoms with Gasteiger partial charge >= 0.3 is 5.97 Å². The van der Waals surface area contributed by atoms with Crippen molar-refractivity contribution in [2.75, 3.05) is 13.2 Å². The smallest absolute Gasteiger partial charge is 0.305 e. The van der Waals surface area contributed by atoms with Crippen LogP contribution in [0.5, 0.6) is 0 Å². The van der Waals surface area contributed by atoms with Crippen LogP contribution in [0.4, 0.5) is 0 Å². The van der Waals surface area contributed by atoms with E-state index < -0.39 is 12.1 Å². The first-order valence-corrected chi connectivity index (χ1v) is 27.3. The number of aliphatic hydroxyl groups is 2. The first kappa shape index (κ1) is 60.1. The molecule has 2 unspecified atom stereocenters. The summed E-state index contributed by atoms with van der Waals surface area (Å²) >= 11 is 0. The molecule has 0 aliphatic carbocycles. The normalized spacial score (nSPS) is 12.9. The first-order valence-electron chi connectivity index (χ1n) is 27.3. The van der Waals surface area contributed by atoms with E-state index >= 15 is 0 Å².